The summed E-state index contributed by atoms with van der Waals surface area (Å²) in [6, 6.07) is 0.868. The highest BCUT2D eigenvalue weighted by Gasteiger charge is 2.35. The van der Waals surface area contributed by atoms with Gasteiger partial charge >= 0.3 is 6.18 Å². The molecule has 0 amide bonds. The highest BCUT2D eigenvalue weighted by atomic mass is 19.4. The maximum atomic E-state index is 12.9. The normalized spacial score (nSPS) is 11.4. The molecule has 0 unspecified atom stereocenters. The molecule has 0 atom stereocenters. The number of methoxy groups -OCH3 is 1. The van der Waals surface area contributed by atoms with Gasteiger partial charge in [0.2, 0.25) is 0 Å². The predicted molar refractivity (Wildman–Crippen MR) is 61.2 cm³/mol. The Morgan fingerprint density at radius 3 is 2.63 bits per heavy atom. The van der Waals surface area contributed by atoms with Crippen molar-refractivity contribution < 1.29 is 17.9 Å². The number of anilines is 1. The Balaban J connectivity index is 2.70. The van der Waals surface area contributed by atoms with Crippen molar-refractivity contribution in [2.75, 3.05) is 12.8 Å². The van der Waals surface area contributed by atoms with Gasteiger partial charge in [-0.2, -0.15) is 13.2 Å². The first-order valence-electron chi connectivity index (χ1n) is 5.11. The monoisotopic (exact) mass is 270 g/mol. The highest BCUT2D eigenvalue weighted by Crippen LogP contribution is 2.39. The number of nitrogens with zero attached hydrogens (tertiary/aromatic N) is 3. The van der Waals surface area contributed by atoms with Crippen LogP contribution in [0.25, 0.3) is 11.3 Å². The van der Waals surface area contributed by atoms with Crippen LogP contribution in [0.1, 0.15) is 5.56 Å². The Hall–Kier alpha value is -2.38. The van der Waals surface area contributed by atoms with E-state index < -0.39 is 11.7 Å². The van der Waals surface area contributed by atoms with Gasteiger partial charge in [-0.25, -0.2) is 9.97 Å². The van der Waals surface area contributed by atoms with Gasteiger partial charge in [0.1, 0.15) is 12.0 Å². The van der Waals surface area contributed by atoms with Crippen LogP contribution in [0.5, 0.6) is 5.75 Å². The zero-order valence-electron chi connectivity index (χ0n) is 9.77. The summed E-state index contributed by atoms with van der Waals surface area (Å²) in [4.78, 5) is 11.2. The van der Waals surface area contributed by atoms with E-state index >= 15 is 0 Å². The number of nitrogen functional groups attached to an aromatic ring is 1. The Morgan fingerprint density at radius 2 is 2.00 bits per heavy atom. The zero-order valence-corrected chi connectivity index (χ0v) is 9.77. The van der Waals surface area contributed by atoms with Crippen LogP contribution in [0.15, 0.2) is 24.8 Å². The zero-order chi connectivity index (χ0) is 14.0. The maximum absolute atomic E-state index is 12.9. The Kier molecular flexibility index (Phi) is 3.24. The van der Waals surface area contributed by atoms with Gasteiger partial charge in [0.15, 0.2) is 11.6 Å². The number of nitrogens with two attached hydrogens (primary N) is 1. The summed E-state index contributed by atoms with van der Waals surface area (Å²) >= 11 is 0. The van der Waals surface area contributed by atoms with E-state index in [4.69, 9.17) is 10.5 Å². The number of hydrogen-bond donors (Lipinski definition) is 1. The number of pyridine rings is 1. The van der Waals surface area contributed by atoms with Crippen LogP contribution in [0.4, 0.5) is 19.0 Å². The smallest absolute Gasteiger partial charge is 0.417 e. The van der Waals surface area contributed by atoms with Crippen molar-refractivity contribution in [1.82, 2.24) is 15.0 Å². The van der Waals surface area contributed by atoms with Crippen LogP contribution in [0, 0.1) is 0 Å². The van der Waals surface area contributed by atoms with Gasteiger partial charge in [-0.1, -0.05) is 0 Å². The van der Waals surface area contributed by atoms with E-state index in [1.54, 1.807) is 0 Å². The third-order valence-corrected chi connectivity index (χ3v) is 2.42. The quantitative estimate of drug-likeness (QED) is 0.905. The number of hydrogen-bond acceptors (Lipinski definition) is 5. The third-order valence-electron chi connectivity index (χ3n) is 2.42. The first kappa shape index (κ1) is 13.1. The lowest BCUT2D eigenvalue weighted by molar-refractivity contribution is -0.137. The van der Waals surface area contributed by atoms with Gasteiger partial charge in [-0.15, -0.1) is 0 Å². The summed E-state index contributed by atoms with van der Waals surface area (Å²) in [7, 11) is 1.28. The summed E-state index contributed by atoms with van der Waals surface area (Å²) in [6.07, 6.45) is -1.33. The van der Waals surface area contributed by atoms with Crippen LogP contribution in [0.3, 0.4) is 0 Å². The molecule has 8 heteroatoms. The van der Waals surface area contributed by atoms with E-state index in [1.807, 2.05) is 0 Å². The minimum absolute atomic E-state index is 0.0130. The lowest BCUT2D eigenvalue weighted by Gasteiger charge is -2.14. The van der Waals surface area contributed by atoms with E-state index in [9.17, 15) is 13.2 Å². The van der Waals surface area contributed by atoms with Crippen molar-refractivity contribution in [3.8, 4) is 17.0 Å². The third kappa shape index (κ3) is 2.42. The van der Waals surface area contributed by atoms with Gasteiger partial charge < -0.3 is 10.5 Å². The van der Waals surface area contributed by atoms with Crippen molar-refractivity contribution >= 4 is 5.82 Å². The second kappa shape index (κ2) is 4.71. The average molecular weight is 270 g/mol. The molecule has 0 radical (unpaired) electrons. The fourth-order valence-electron chi connectivity index (χ4n) is 1.61. The Bertz CT molecular complexity index is 601. The molecule has 0 bridgehead atoms. The average Bonchev–Trinajstić information content (AvgIpc) is 2.37. The van der Waals surface area contributed by atoms with Gasteiger partial charge in [-0.05, 0) is 6.07 Å². The molecule has 0 aliphatic carbocycles. The molecule has 2 heterocycles. The lowest BCUT2D eigenvalue weighted by Crippen LogP contribution is -2.09. The second-order valence-corrected chi connectivity index (χ2v) is 3.56. The van der Waals surface area contributed by atoms with Crippen molar-refractivity contribution in [2.24, 2.45) is 0 Å². The molecule has 0 aliphatic rings. The number of ether oxygens (including phenoxy) is 1. The molecule has 5 nitrogen and oxygen atoms in total. The molecular formula is C11H9F3N4O. The Morgan fingerprint density at radius 1 is 1.26 bits per heavy atom. The number of alkyl halides is 3. The van der Waals surface area contributed by atoms with Gasteiger partial charge in [-0.3, -0.25) is 4.98 Å². The minimum atomic E-state index is -4.52. The topological polar surface area (TPSA) is 73.9 Å². The van der Waals surface area contributed by atoms with Crippen LogP contribution < -0.4 is 10.5 Å². The standard InChI is InChI=1S/C11H9F3N4O/c1-19-9-8(17-5-18-10(9)15)6-4-16-3-2-7(6)11(12,13)14/h2-5H,1H3,(H2,15,17,18). The minimum Gasteiger partial charge on any atom is -0.491 e. The van der Waals surface area contributed by atoms with E-state index in [0.717, 1.165) is 24.8 Å². The summed E-state index contributed by atoms with van der Waals surface area (Å²) in [6.45, 7) is 0. The summed E-state index contributed by atoms with van der Waals surface area (Å²) in [5.74, 6) is -0.0505. The van der Waals surface area contributed by atoms with Crippen LogP contribution in [0.2, 0.25) is 0 Å². The lowest BCUT2D eigenvalue weighted by atomic mass is 10.1. The van der Waals surface area contributed by atoms with Gasteiger partial charge in [0.25, 0.3) is 0 Å². The number of rotatable bonds is 2. The molecule has 2 aromatic rings. The molecule has 0 aromatic carbocycles. The van der Waals surface area contributed by atoms with Crippen molar-refractivity contribution in [3.05, 3.63) is 30.4 Å². The first-order valence-corrected chi connectivity index (χ1v) is 5.11. The summed E-state index contributed by atoms with van der Waals surface area (Å²) in [5, 5.41) is 0. The molecule has 0 fully saturated rings. The van der Waals surface area contributed by atoms with Crippen molar-refractivity contribution in [3.63, 3.8) is 0 Å². The summed E-state index contributed by atoms with van der Waals surface area (Å²) < 4.78 is 43.7. The number of halogens is 3. The Labute approximate surface area is 106 Å². The molecule has 2 rings (SSSR count). The molecule has 0 saturated heterocycles. The molecule has 2 N–H and O–H groups in total. The van der Waals surface area contributed by atoms with E-state index in [2.05, 4.69) is 15.0 Å². The first-order chi connectivity index (χ1) is 8.95. The molecule has 0 saturated carbocycles. The van der Waals surface area contributed by atoms with E-state index in [-0.39, 0.29) is 22.8 Å². The fraction of sp³-hybridized carbons (Fsp3) is 0.182. The molecular weight excluding hydrogens is 261 g/mol. The van der Waals surface area contributed by atoms with Crippen molar-refractivity contribution in [2.45, 2.75) is 6.18 Å². The van der Waals surface area contributed by atoms with Crippen LogP contribution >= 0.6 is 0 Å². The molecule has 2 aromatic heterocycles. The van der Waals surface area contributed by atoms with E-state index in [0.29, 0.717) is 0 Å². The molecule has 0 spiro atoms. The predicted octanol–water partition coefficient (Wildman–Crippen LogP) is 2.15. The molecule has 0 aliphatic heterocycles. The van der Waals surface area contributed by atoms with Crippen molar-refractivity contribution in [1.29, 1.82) is 0 Å². The van der Waals surface area contributed by atoms with Crippen LogP contribution in [-0.4, -0.2) is 22.1 Å². The van der Waals surface area contributed by atoms with Gasteiger partial charge in [0.05, 0.1) is 12.7 Å². The maximum Gasteiger partial charge on any atom is 0.417 e. The largest absolute Gasteiger partial charge is 0.491 e. The SMILES string of the molecule is COc1c(N)ncnc1-c1cnccc1C(F)(F)F. The summed E-state index contributed by atoms with van der Waals surface area (Å²) in [5.41, 5.74) is 4.44. The number of aromatic nitrogens is 3. The van der Waals surface area contributed by atoms with E-state index in [1.165, 1.54) is 7.11 Å². The highest BCUT2D eigenvalue weighted by molar-refractivity contribution is 5.73. The second-order valence-electron chi connectivity index (χ2n) is 3.56. The van der Waals surface area contributed by atoms with Gasteiger partial charge in [0, 0.05) is 18.0 Å². The van der Waals surface area contributed by atoms with Crippen LogP contribution in [-0.2, 0) is 6.18 Å². The fourth-order valence-corrected chi connectivity index (χ4v) is 1.61. The molecule has 100 valence electrons. The molecule has 19 heavy (non-hydrogen) atoms.